The third-order valence-electron chi connectivity index (χ3n) is 2.08. The van der Waals surface area contributed by atoms with Crippen LogP contribution in [0.1, 0.15) is 5.56 Å². The summed E-state index contributed by atoms with van der Waals surface area (Å²) in [4.78, 5) is 4.13. The molecule has 2 rings (SSSR count). The van der Waals surface area contributed by atoms with Crippen LogP contribution in [-0.4, -0.2) is 4.98 Å². The quantitative estimate of drug-likeness (QED) is 0.808. The van der Waals surface area contributed by atoms with Crippen molar-refractivity contribution in [3.63, 3.8) is 0 Å². The molecule has 0 radical (unpaired) electrons. The van der Waals surface area contributed by atoms with Gasteiger partial charge in [-0.05, 0) is 52.7 Å². The normalized spacial score (nSPS) is 10.2. The van der Waals surface area contributed by atoms with E-state index >= 15 is 0 Å². The van der Waals surface area contributed by atoms with Crippen LogP contribution >= 0.6 is 27.5 Å². The van der Waals surface area contributed by atoms with Gasteiger partial charge in [0.25, 0.3) is 0 Å². The molecule has 0 aliphatic heterocycles. The molecule has 82 valence electrons. The van der Waals surface area contributed by atoms with Crippen LogP contribution in [0.25, 0.3) is 0 Å². The topological polar surface area (TPSA) is 22.1 Å². The van der Waals surface area contributed by atoms with Crippen LogP contribution in [0.5, 0.6) is 11.6 Å². The van der Waals surface area contributed by atoms with Crippen molar-refractivity contribution in [2.24, 2.45) is 0 Å². The fraction of sp³-hybridized carbons (Fsp3) is 0.0833. The number of benzene rings is 1. The van der Waals surface area contributed by atoms with Gasteiger partial charge >= 0.3 is 0 Å². The van der Waals surface area contributed by atoms with E-state index in [4.69, 9.17) is 16.3 Å². The van der Waals surface area contributed by atoms with Crippen molar-refractivity contribution in [3.05, 3.63) is 51.6 Å². The molecule has 1 heterocycles. The zero-order chi connectivity index (χ0) is 11.5. The third kappa shape index (κ3) is 2.54. The Bertz CT molecular complexity index is 516. The number of hydrogen-bond acceptors (Lipinski definition) is 2. The van der Waals surface area contributed by atoms with Crippen molar-refractivity contribution >= 4 is 27.5 Å². The summed E-state index contributed by atoms with van der Waals surface area (Å²) in [7, 11) is 0. The van der Waals surface area contributed by atoms with E-state index in [1.54, 1.807) is 12.3 Å². The lowest BCUT2D eigenvalue weighted by atomic mass is 10.2. The highest BCUT2D eigenvalue weighted by molar-refractivity contribution is 9.10. The molecule has 0 atom stereocenters. The lowest BCUT2D eigenvalue weighted by molar-refractivity contribution is 0.456. The summed E-state index contributed by atoms with van der Waals surface area (Å²) < 4.78 is 6.49. The minimum absolute atomic E-state index is 0.535. The van der Waals surface area contributed by atoms with E-state index in [-0.39, 0.29) is 0 Å². The molecule has 0 bridgehead atoms. The van der Waals surface area contributed by atoms with Crippen LogP contribution in [0.4, 0.5) is 0 Å². The van der Waals surface area contributed by atoms with Gasteiger partial charge in [-0.1, -0.05) is 17.7 Å². The maximum Gasteiger partial charge on any atom is 0.233 e. The van der Waals surface area contributed by atoms with E-state index in [0.717, 1.165) is 10.0 Å². The van der Waals surface area contributed by atoms with Gasteiger partial charge < -0.3 is 4.74 Å². The predicted molar refractivity (Wildman–Crippen MR) is 68.2 cm³/mol. The van der Waals surface area contributed by atoms with Crippen molar-refractivity contribution in [1.82, 2.24) is 4.98 Å². The number of pyridine rings is 1. The molecule has 4 heteroatoms. The summed E-state index contributed by atoms with van der Waals surface area (Å²) >= 11 is 9.29. The van der Waals surface area contributed by atoms with Gasteiger partial charge in [0.15, 0.2) is 0 Å². The van der Waals surface area contributed by atoms with Gasteiger partial charge in [0.2, 0.25) is 5.88 Å². The maximum absolute atomic E-state index is 5.91. The van der Waals surface area contributed by atoms with E-state index in [0.29, 0.717) is 16.7 Å². The lowest BCUT2D eigenvalue weighted by Gasteiger charge is -2.09. The smallest absolute Gasteiger partial charge is 0.233 e. The molecule has 16 heavy (non-hydrogen) atoms. The number of ether oxygens (including phenoxy) is 1. The highest BCUT2D eigenvalue weighted by Crippen LogP contribution is 2.30. The van der Waals surface area contributed by atoms with Crippen molar-refractivity contribution in [3.8, 4) is 11.6 Å². The second-order valence-electron chi connectivity index (χ2n) is 3.30. The van der Waals surface area contributed by atoms with Crippen LogP contribution in [-0.2, 0) is 0 Å². The zero-order valence-corrected chi connectivity index (χ0v) is 10.9. The Morgan fingerprint density at radius 3 is 2.88 bits per heavy atom. The van der Waals surface area contributed by atoms with E-state index in [1.807, 2.05) is 31.2 Å². The summed E-state index contributed by atoms with van der Waals surface area (Å²) in [6.07, 6.45) is 1.68. The first-order valence-corrected chi connectivity index (χ1v) is 5.88. The Balaban J connectivity index is 2.34. The Labute approximate surface area is 107 Å². The van der Waals surface area contributed by atoms with Crippen molar-refractivity contribution < 1.29 is 4.74 Å². The Morgan fingerprint density at radius 2 is 2.12 bits per heavy atom. The average molecular weight is 299 g/mol. The van der Waals surface area contributed by atoms with Gasteiger partial charge in [0.1, 0.15) is 5.75 Å². The Kier molecular flexibility index (Phi) is 3.46. The highest BCUT2D eigenvalue weighted by Gasteiger charge is 2.06. The van der Waals surface area contributed by atoms with Gasteiger partial charge in [0.05, 0.1) is 4.47 Å². The monoisotopic (exact) mass is 297 g/mol. The van der Waals surface area contributed by atoms with Gasteiger partial charge in [0, 0.05) is 11.2 Å². The number of nitrogens with zero attached hydrogens (tertiary/aromatic N) is 1. The Hall–Kier alpha value is -1.06. The first kappa shape index (κ1) is 11.4. The summed E-state index contributed by atoms with van der Waals surface area (Å²) in [5.41, 5.74) is 1.02. The van der Waals surface area contributed by atoms with Crippen molar-refractivity contribution in [1.29, 1.82) is 0 Å². The second-order valence-corrected chi connectivity index (χ2v) is 4.59. The molecule has 0 saturated heterocycles. The molecule has 0 saturated carbocycles. The number of aryl methyl sites for hydroxylation is 1. The van der Waals surface area contributed by atoms with Crippen LogP contribution in [0.3, 0.4) is 0 Å². The largest absolute Gasteiger partial charge is 0.438 e. The lowest BCUT2D eigenvalue weighted by Crippen LogP contribution is -1.90. The van der Waals surface area contributed by atoms with Gasteiger partial charge in [-0.15, -0.1) is 0 Å². The number of hydrogen-bond donors (Lipinski definition) is 0. The maximum atomic E-state index is 5.91. The summed E-state index contributed by atoms with van der Waals surface area (Å²) in [6, 6.07) is 9.23. The van der Waals surface area contributed by atoms with Gasteiger partial charge in [-0.2, -0.15) is 0 Å². The molecule has 0 unspecified atom stereocenters. The molecule has 0 N–H and O–H groups in total. The summed E-state index contributed by atoms with van der Waals surface area (Å²) in [6.45, 7) is 1.96. The third-order valence-corrected chi connectivity index (χ3v) is 2.92. The van der Waals surface area contributed by atoms with Gasteiger partial charge in [-0.25, -0.2) is 4.98 Å². The molecule has 0 aliphatic carbocycles. The van der Waals surface area contributed by atoms with Crippen LogP contribution in [0.2, 0.25) is 5.02 Å². The molecular weight excluding hydrogens is 289 g/mol. The molecule has 2 aromatic rings. The summed E-state index contributed by atoms with van der Waals surface area (Å²) in [5, 5.41) is 0.646. The van der Waals surface area contributed by atoms with E-state index in [2.05, 4.69) is 20.9 Å². The molecule has 1 aromatic carbocycles. The van der Waals surface area contributed by atoms with Crippen LogP contribution < -0.4 is 4.74 Å². The first-order valence-electron chi connectivity index (χ1n) is 4.71. The zero-order valence-electron chi connectivity index (χ0n) is 8.58. The first-order chi connectivity index (χ1) is 7.66. The highest BCUT2D eigenvalue weighted by atomic mass is 79.9. The molecule has 0 spiro atoms. The number of rotatable bonds is 2. The number of aromatic nitrogens is 1. The summed E-state index contributed by atoms with van der Waals surface area (Å²) in [5.74, 6) is 1.25. The standard InChI is InChI=1S/C12H9BrClNO/c1-8-4-5-9(14)7-11(8)16-12-10(13)3-2-6-15-12/h2-7H,1H3. The molecule has 0 amide bonds. The Morgan fingerprint density at radius 1 is 1.31 bits per heavy atom. The van der Waals surface area contributed by atoms with E-state index < -0.39 is 0 Å². The fourth-order valence-corrected chi connectivity index (χ4v) is 1.73. The van der Waals surface area contributed by atoms with Crippen LogP contribution in [0, 0.1) is 6.92 Å². The molecule has 0 fully saturated rings. The molecular formula is C12H9BrClNO. The van der Waals surface area contributed by atoms with E-state index in [1.165, 1.54) is 0 Å². The molecule has 0 aliphatic rings. The fourth-order valence-electron chi connectivity index (χ4n) is 1.23. The van der Waals surface area contributed by atoms with Crippen LogP contribution in [0.15, 0.2) is 41.0 Å². The minimum Gasteiger partial charge on any atom is -0.438 e. The average Bonchev–Trinajstić information content (AvgIpc) is 2.27. The predicted octanol–water partition coefficient (Wildman–Crippen LogP) is 4.60. The molecule has 2 nitrogen and oxygen atoms in total. The minimum atomic E-state index is 0.535. The van der Waals surface area contributed by atoms with Crippen molar-refractivity contribution in [2.75, 3.05) is 0 Å². The van der Waals surface area contributed by atoms with Gasteiger partial charge in [-0.3, -0.25) is 0 Å². The number of halogens is 2. The SMILES string of the molecule is Cc1ccc(Cl)cc1Oc1ncccc1Br. The second kappa shape index (κ2) is 4.85. The van der Waals surface area contributed by atoms with E-state index in [9.17, 15) is 0 Å². The van der Waals surface area contributed by atoms with Crippen molar-refractivity contribution in [2.45, 2.75) is 6.92 Å². The molecule has 1 aromatic heterocycles.